The van der Waals surface area contributed by atoms with Crippen LogP contribution in [-0.4, -0.2) is 9.38 Å². The van der Waals surface area contributed by atoms with Gasteiger partial charge in [0.15, 0.2) is 0 Å². The summed E-state index contributed by atoms with van der Waals surface area (Å²) in [5.41, 5.74) is 7.13. The third-order valence-corrected chi connectivity index (χ3v) is 3.80. The van der Waals surface area contributed by atoms with Gasteiger partial charge in [0, 0.05) is 23.2 Å². The van der Waals surface area contributed by atoms with E-state index in [9.17, 15) is 0 Å². The Morgan fingerprint density at radius 1 is 1.22 bits per heavy atom. The van der Waals surface area contributed by atoms with Crippen LogP contribution in [-0.2, 0) is 6.42 Å². The summed E-state index contributed by atoms with van der Waals surface area (Å²) in [6.45, 7) is 2.09. The third kappa shape index (κ3) is 1.27. The highest BCUT2D eigenvalue weighted by Crippen LogP contribution is 2.37. The van der Waals surface area contributed by atoms with Crippen molar-refractivity contribution in [1.82, 2.24) is 9.38 Å². The van der Waals surface area contributed by atoms with Gasteiger partial charge in [0.1, 0.15) is 5.65 Å². The van der Waals surface area contributed by atoms with Gasteiger partial charge in [0.05, 0.1) is 11.4 Å². The normalized spacial score (nSPS) is 12.8. The van der Waals surface area contributed by atoms with Crippen molar-refractivity contribution in [2.45, 2.75) is 13.3 Å². The molecule has 1 aromatic carbocycles. The molecule has 0 N–H and O–H groups in total. The molecule has 0 saturated heterocycles. The third-order valence-electron chi connectivity index (χ3n) is 3.56. The Kier molecular flexibility index (Phi) is 1.90. The van der Waals surface area contributed by atoms with E-state index in [1.165, 1.54) is 22.4 Å². The molecule has 0 amide bonds. The maximum atomic E-state index is 6.05. The Hall–Kier alpha value is -1.80. The Morgan fingerprint density at radius 3 is 3.00 bits per heavy atom. The number of imidazole rings is 1. The molecule has 2 heterocycles. The minimum absolute atomic E-state index is 0.795. The van der Waals surface area contributed by atoms with Crippen LogP contribution in [0.15, 0.2) is 36.5 Å². The van der Waals surface area contributed by atoms with Gasteiger partial charge in [-0.25, -0.2) is 4.98 Å². The molecule has 0 unspecified atom stereocenters. The highest BCUT2D eigenvalue weighted by atomic mass is 35.5. The molecule has 1 aliphatic carbocycles. The lowest BCUT2D eigenvalue weighted by molar-refractivity contribution is 1.05. The molecule has 2 nitrogen and oxygen atoms in total. The van der Waals surface area contributed by atoms with Crippen molar-refractivity contribution in [3.8, 4) is 11.3 Å². The highest BCUT2D eigenvalue weighted by molar-refractivity contribution is 6.30. The van der Waals surface area contributed by atoms with E-state index in [2.05, 4.69) is 35.7 Å². The van der Waals surface area contributed by atoms with E-state index in [1.807, 2.05) is 12.1 Å². The lowest BCUT2D eigenvalue weighted by atomic mass is 10.1. The summed E-state index contributed by atoms with van der Waals surface area (Å²) < 4.78 is 2.18. The van der Waals surface area contributed by atoms with Gasteiger partial charge in [-0.2, -0.15) is 0 Å². The Balaban J connectivity index is 2.04. The number of fused-ring (bicyclic) bond motifs is 5. The van der Waals surface area contributed by atoms with Crippen LogP contribution < -0.4 is 0 Å². The van der Waals surface area contributed by atoms with Crippen molar-refractivity contribution in [3.05, 3.63) is 58.4 Å². The highest BCUT2D eigenvalue weighted by Gasteiger charge is 2.23. The van der Waals surface area contributed by atoms with E-state index < -0.39 is 0 Å². The van der Waals surface area contributed by atoms with Gasteiger partial charge < -0.3 is 4.40 Å². The number of aryl methyl sites for hydroxylation is 1. The van der Waals surface area contributed by atoms with E-state index in [-0.39, 0.29) is 0 Å². The summed E-state index contributed by atoms with van der Waals surface area (Å²) in [6.07, 6.45) is 3.01. The molecular weight excluding hydrogens is 244 g/mol. The Labute approximate surface area is 110 Å². The van der Waals surface area contributed by atoms with E-state index in [0.29, 0.717) is 0 Å². The SMILES string of the molecule is Cc1ccn2c3c(nc2c1)-c1ccc(Cl)cc1C3. The van der Waals surface area contributed by atoms with Gasteiger partial charge in [-0.1, -0.05) is 17.7 Å². The zero-order valence-corrected chi connectivity index (χ0v) is 10.7. The predicted octanol–water partition coefficient (Wildman–Crippen LogP) is 3.87. The number of aromatic nitrogens is 2. The second-order valence-corrected chi connectivity index (χ2v) is 5.25. The molecule has 0 atom stereocenters. The number of pyridine rings is 1. The van der Waals surface area contributed by atoms with Crippen LogP contribution in [0.25, 0.3) is 16.9 Å². The Bertz CT molecular complexity index is 787. The second kappa shape index (κ2) is 3.36. The molecule has 3 aromatic rings. The molecule has 0 aliphatic heterocycles. The molecule has 0 spiro atoms. The van der Waals surface area contributed by atoms with Gasteiger partial charge in [-0.15, -0.1) is 0 Å². The molecule has 0 radical (unpaired) electrons. The zero-order valence-electron chi connectivity index (χ0n) is 9.94. The van der Waals surface area contributed by atoms with Crippen LogP contribution in [0.1, 0.15) is 16.8 Å². The molecular formula is C15H11ClN2. The molecule has 3 heteroatoms. The first-order valence-electron chi connectivity index (χ1n) is 5.99. The van der Waals surface area contributed by atoms with E-state index >= 15 is 0 Å². The van der Waals surface area contributed by atoms with Crippen molar-refractivity contribution in [1.29, 1.82) is 0 Å². The van der Waals surface area contributed by atoms with Gasteiger partial charge in [0.2, 0.25) is 0 Å². The fourth-order valence-corrected chi connectivity index (χ4v) is 2.90. The molecule has 2 aromatic heterocycles. The minimum atomic E-state index is 0.795. The molecule has 4 rings (SSSR count). The fraction of sp³-hybridized carbons (Fsp3) is 0.133. The molecule has 88 valence electrons. The molecule has 0 fully saturated rings. The number of rotatable bonds is 0. The van der Waals surface area contributed by atoms with Crippen molar-refractivity contribution in [2.24, 2.45) is 0 Å². The first-order chi connectivity index (χ1) is 8.72. The average Bonchev–Trinajstić information content (AvgIpc) is 2.83. The van der Waals surface area contributed by atoms with Gasteiger partial charge in [-0.3, -0.25) is 0 Å². The van der Waals surface area contributed by atoms with E-state index in [4.69, 9.17) is 16.6 Å². The summed E-state index contributed by atoms with van der Waals surface area (Å²) in [5, 5.41) is 0.795. The lowest BCUT2D eigenvalue weighted by Crippen LogP contribution is -1.91. The fourth-order valence-electron chi connectivity index (χ4n) is 2.70. The van der Waals surface area contributed by atoms with Crippen molar-refractivity contribution in [2.75, 3.05) is 0 Å². The quantitative estimate of drug-likeness (QED) is 0.466. The average molecular weight is 255 g/mol. The molecule has 0 bridgehead atoms. The van der Waals surface area contributed by atoms with Gasteiger partial charge in [-0.05, 0) is 42.3 Å². The smallest absolute Gasteiger partial charge is 0.137 e. The van der Waals surface area contributed by atoms with Crippen molar-refractivity contribution < 1.29 is 0 Å². The van der Waals surface area contributed by atoms with Crippen LogP contribution in [0.4, 0.5) is 0 Å². The first kappa shape index (κ1) is 10.2. The second-order valence-electron chi connectivity index (χ2n) is 4.82. The lowest BCUT2D eigenvalue weighted by Gasteiger charge is -2.01. The number of hydrogen-bond donors (Lipinski definition) is 0. The van der Waals surface area contributed by atoms with E-state index in [1.54, 1.807) is 0 Å². The predicted molar refractivity (Wildman–Crippen MR) is 73.2 cm³/mol. The van der Waals surface area contributed by atoms with Crippen LogP contribution in [0, 0.1) is 6.92 Å². The van der Waals surface area contributed by atoms with Crippen molar-refractivity contribution in [3.63, 3.8) is 0 Å². The van der Waals surface area contributed by atoms with Crippen LogP contribution in [0.2, 0.25) is 5.02 Å². The number of benzene rings is 1. The largest absolute Gasteiger partial charge is 0.303 e. The number of nitrogens with zero attached hydrogens (tertiary/aromatic N) is 2. The summed E-state index contributed by atoms with van der Waals surface area (Å²) in [5.74, 6) is 0. The summed E-state index contributed by atoms with van der Waals surface area (Å²) in [4.78, 5) is 4.74. The standard InChI is InChI=1S/C15H11ClN2/c1-9-4-5-18-13-8-10-7-11(16)2-3-12(10)15(13)17-14(18)6-9/h2-7H,8H2,1H3. The molecule has 1 aliphatic rings. The van der Waals surface area contributed by atoms with Crippen LogP contribution >= 0.6 is 11.6 Å². The van der Waals surface area contributed by atoms with Crippen LogP contribution in [0.5, 0.6) is 0 Å². The first-order valence-corrected chi connectivity index (χ1v) is 6.36. The number of hydrogen-bond acceptors (Lipinski definition) is 1. The summed E-state index contributed by atoms with van der Waals surface area (Å²) >= 11 is 6.05. The van der Waals surface area contributed by atoms with Crippen molar-refractivity contribution >= 4 is 17.2 Å². The number of halogens is 1. The summed E-state index contributed by atoms with van der Waals surface area (Å²) in [7, 11) is 0. The van der Waals surface area contributed by atoms with Crippen LogP contribution in [0.3, 0.4) is 0 Å². The maximum absolute atomic E-state index is 6.05. The van der Waals surface area contributed by atoms with Gasteiger partial charge in [0.25, 0.3) is 0 Å². The maximum Gasteiger partial charge on any atom is 0.137 e. The van der Waals surface area contributed by atoms with E-state index in [0.717, 1.165) is 22.8 Å². The minimum Gasteiger partial charge on any atom is -0.303 e. The van der Waals surface area contributed by atoms with Gasteiger partial charge >= 0.3 is 0 Å². The Morgan fingerprint density at radius 2 is 2.11 bits per heavy atom. The zero-order chi connectivity index (χ0) is 12.3. The topological polar surface area (TPSA) is 17.3 Å². The molecule has 0 saturated carbocycles. The molecule has 18 heavy (non-hydrogen) atoms. The summed E-state index contributed by atoms with van der Waals surface area (Å²) in [6, 6.07) is 10.3. The monoisotopic (exact) mass is 254 g/mol.